The van der Waals surface area contributed by atoms with E-state index in [4.69, 9.17) is 14.2 Å². The van der Waals surface area contributed by atoms with Crippen LogP contribution in [-0.4, -0.2) is 54.8 Å². The van der Waals surface area contributed by atoms with Crippen LogP contribution in [0.4, 0.5) is 4.39 Å². The fourth-order valence-electron chi connectivity index (χ4n) is 4.48. The molecule has 0 aliphatic carbocycles. The van der Waals surface area contributed by atoms with Gasteiger partial charge in [-0.15, -0.1) is 0 Å². The van der Waals surface area contributed by atoms with Gasteiger partial charge in [-0.25, -0.2) is 9.37 Å². The molecule has 3 aromatic rings. The molecule has 1 saturated heterocycles. The SMILES string of the molecule is COc1ccc2ncc(F)c(CCN3CCC(/C=C\c4ccc5c(c4)OCCO5)CC3)c2n1. The molecule has 2 aliphatic rings. The highest BCUT2D eigenvalue weighted by Gasteiger charge is 2.19. The number of pyridine rings is 2. The molecular weight excluding hydrogens is 421 g/mol. The predicted molar refractivity (Wildman–Crippen MR) is 125 cm³/mol. The van der Waals surface area contributed by atoms with E-state index in [1.807, 2.05) is 18.2 Å². The quantitative estimate of drug-likeness (QED) is 0.552. The second-order valence-electron chi connectivity index (χ2n) is 8.50. The number of allylic oxidation sites excluding steroid dienone is 1. The number of halogens is 1. The zero-order chi connectivity index (χ0) is 22.6. The summed E-state index contributed by atoms with van der Waals surface area (Å²) >= 11 is 0. The Bertz CT molecular complexity index is 1160. The maximum Gasteiger partial charge on any atom is 0.213 e. The van der Waals surface area contributed by atoms with Gasteiger partial charge in [0.2, 0.25) is 5.88 Å². The number of rotatable bonds is 6. The van der Waals surface area contributed by atoms with Crippen molar-refractivity contribution in [2.24, 2.45) is 5.92 Å². The molecule has 0 saturated carbocycles. The van der Waals surface area contributed by atoms with Gasteiger partial charge in [0, 0.05) is 18.2 Å². The van der Waals surface area contributed by atoms with Crippen molar-refractivity contribution in [2.45, 2.75) is 19.3 Å². The highest BCUT2D eigenvalue weighted by atomic mass is 19.1. The molecule has 0 spiro atoms. The molecule has 5 rings (SSSR count). The summed E-state index contributed by atoms with van der Waals surface area (Å²) < 4.78 is 31.0. The third-order valence-corrected chi connectivity index (χ3v) is 6.39. The van der Waals surface area contributed by atoms with Crippen LogP contribution in [0.1, 0.15) is 24.0 Å². The van der Waals surface area contributed by atoms with Gasteiger partial charge in [0.05, 0.1) is 24.3 Å². The van der Waals surface area contributed by atoms with Crippen LogP contribution in [0.5, 0.6) is 17.4 Å². The Balaban J connectivity index is 1.17. The monoisotopic (exact) mass is 449 g/mol. The molecule has 6 nitrogen and oxygen atoms in total. The number of benzene rings is 1. The zero-order valence-corrected chi connectivity index (χ0v) is 18.8. The Hall–Kier alpha value is -3.19. The summed E-state index contributed by atoms with van der Waals surface area (Å²) in [4.78, 5) is 11.0. The van der Waals surface area contributed by atoms with Crippen molar-refractivity contribution < 1.29 is 18.6 Å². The fourth-order valence-corrected chi connectivity index (χ4v) is 4.48. The molecule has 0 unspecified atom stereocenters. The zero-order valence-electron chi connectivity index (χ0n) is 18.8. The maximum absolute atomic E-state index is 14.6. The number of hydrogen-bond donors (Lipinski definition) is 0. The summed E-state index contributed by atoms with van der Waals surface area (Å²) in [6.45, 7) is 4.00. The highest BCUT2D eigenvalue weighted by molar-refractivity contribution is 5.78. The van der Waals surface area contributed by atoms with Gasteiger partial charge >= 0.3 is 0 Å². The minimum absolute atomic E-state index is 0.305. The summed E-state index contributed by atoms with van der Waals surface area (Å²) in [5.74, 6) is 2.35. The maximum atomic E-state index is 14.6. The minimum Gasteiger partial charge on any atom is -0.486 e. The molecular formula is C26H28FN3O3. The smallest absolute Gasteiger partial charge is 0.213 e. The summed E-state index contributed by atoms with van der Waals surface area (Å²) in [6, 6.07) is 9.65. The van der Waals surface area contributed by atoms with E-state index in [1.165, 1.54) is 6.20 Å². The van der Waals surface area contributed by atoms with Gasteiger partial charge < -0.3 is 19.1 Å². The van der Waals surface area contributed by atoms with Gasteiger partial charge in [-0.2, -0.15) is 0 Å². The van der Waals surface area contributed by atoms with Crippen molar-refractivity contribution in [1.82, 2.24) is 14.9 Å². The Labute approximate surface area is 193 Å². The molecule has 0 bridgehead atoms. The molecule has 1 aromatic carbocycles. The van der Waals surface area contributed by atoms with E-state index in [0.717, 1.165) is 49.5 Å². The molecule has 4 heterocycles. The molecule has 0 atom stereocenters. The van der Waals surface area contributed by atoms with Crippen LogP contribution in [0.25, 0.3) is 17.1 Å². The number of ether oxygens (including phenoxy) is 3. The second kappa shape index (κ2) is 9.75. The third kappa shape index (κ3) is 4.93. The summed E-state index contributed by atoms with van der Waals surface area (Å²) in [5.41, 5.74) is 3.02. The molecule has 0 N–H and O–H groups in total. The van der Waals surface area contributed by atoms with E-state index in [1.54, 1.807) is 13.2 Å². The number of nitrogens with zero attached hydrogens (tertiary/aromatic N) is 3. The molecule has 0 radical (unpaired) electrons. The molecule has 2 aliphatic heterocycles. The second-order valence-corrected chi connectivity index (χ2v) is 8.50. The van der Waals surface area contributed by atoms with Crippen LogP contribution in [0, 0.1) is 11.7 Å². The van der Waals surface area contributed by atoms with Gasteiger partial charge in [-0.05, 0) is 62.0 Å². The van der Waals surface area contributed by atoms with Gasteiger partial charge in [-0.1, -0.05) is 18.2 Å². The largest absolute Gasteiger partial charge is 0.486 e. The van der Waals surface area contributed by atoms with Crippen molar-refractivity contribution in [3.8, 4) is 17.4 Å². The number of methoxy groups -OCH3 is 1. The predicted octanol–water partition coefficient (Wildman–Crippen LogP) is 4.52. The van der Waals surface area contributed by atoms with Crippen molar-refractivity contribution >= 4 is 17.1 Å². The summed E-state index contributed by atoms with van der Waals surface area (Å²) in [7, 11) is 1.56. The molecule has 7 heteroatoms. The first-order valence-corrected chi connectivity index (χ1v) is 11.5. The van der Waals surface area contributed by atoms with E-state index < -0.39 is 0 Å². The van der Waals surface area contributed by atoms with E-state index >= 15 is 0 Å². The molecule has 33 heavy (non-hydrogen) atoms. The van der Waals surface area contributed by atoms with Gasteiger partial charge in [0.1, 0.15) is 19.0 Å². The van der Waals surface area contributed by atoms with Gasteiger partial charge in [-0.3, -0.25) is 4.98 Å². The number of piperidine rings is 1. The van der Waals surface area contributed by atoms with Crippen LogP contribution < -0.4 is 14.2 Å². The number of aromatic nitrogens is 2. The van der Waals surface area contributed by atoms with Gasteiger partial charge in [0.25, 0.3) is 0 Å². The molecule has 0 amide bonds. The standard InChI is InChI=1S/C26H28FN3O3/c1-31-25-7-5-22-26(29-25)20(21(27)17-28-22)10-13-30-11-8-18(9-12-30)2-3-19-4-6-23-24(16-19)33-15-14-32-23/h2-7,16-18H,8-15H2,1H3/b3-2-. The van der Waals surface area contributed by atoms with Crippen molar-refractivity contribution in [1.29, 1.82) is 0 Å². The number of hydrogen-bond acceptors (Lipinski definition) is 6. The lowest BCUT2D eigenvalue weighted by Crippen LogP contribution is -2.34. The van der Waals surface area contributed by atoms with E-state index in [9.17, 15) is 4.39 Å². The lowest BCUT2D eigenvalue weighted by atomic mass is 9.95. The first-order chi connectivity index (χ1) is 16.2. The van der Waals surface area contributed by atoms with Crippen LogP contribution in [-0.2, 0) is 6.42 Å². The topological polar surface area (TPSA) is 56.7 Å². The first-order valence-electron chi connectivity index (χ1n) is 11.5. The average molecular weight is 450 g/mol. The van der Waals surface area contributed by atoms with Gasteiger partial charge in [0.15, 0.2) is 11.5 Å². The first kappa shape index (κ1) is 21.6. The van der Waals surface area contributed by atoms with Crippen LogP contribution >= 0.6 is 0 Å². The Morgan fingerprint density at radius 2 is 1.94 bits per heavy atom. The van der Waals surface area contributed by atoms with E-state index in [-0.39, 0.29) is 5.82 Å². The van der Waals surface area contributed by atoms with Crippen molar-refractivity contribution in [3.05, 3.63) is 59.5 Å². The van der Waals surface area contributed by atoms with Crippen LogP contribution in [0.15, 0.2) is 42.6 Å². The van der Waals surface area contributed by atoms with Crippen LogP contribution in [0.3, 0.4) is 0 Å². The molecule has 1 fully saturated rings. The lowest BCUT2D eigenvalue weighted by molar-refractivity contribution is 0.171. The lowest BCUT2D eigenvalue weighted by Gasteiger charge is -2.30. The number of likely N-dealkylation sites (tertiary alicyclic amines) is 1. The fraction of sp³-hybridized carbons (Fsp3) is 0.385. The molecule has 172 valence electrons. The minimum atomic E-state index is -0.305. The number of fused-ring (bicyclic) bond motifs is 2. The van der Waals surface area contributed by atoms with E-state index in [2.05, 4.69) is 33.1 Å². The normalized spacial score (nSPS) is 17.0. The van der Waals surface area contributed by atoms with Crippen LogP contribution in [0.2, 0.25) is 0 Å². The Morgan fingerprint density at radius 1 is 1.12 bits per heavy atom. The average Bonchev–Trinajstić information content (AvgIpc) is 2.87. The Kier molecular flexibility index (Phi) is 6.39. The summed E-state index contributed by atoms with van der Waals surface area (Å²) in [5, 5.41) is 0. The molecule has 2 aromatic heterocycles. The Morgan fingerprint density at radius 3 is 2.76 bits per heavy atom. The summed E-state index contributed by atoms with van der Waals surface area (Å²) in [6.07, 6.45) is 8.55. The third-order valence-electron chi connectivity index (χ3n) is 6.39. The highest BCUT2D eigenvalue weighted by Crippen LogP contribution is 2.31. The van der Waals surface area contributed by atoms with E-state index in [0.29, 0.717) is 48.0 Å². The van der Waals surface area contributed by atoms with Crippen molar-refractivity contribution in [2.75, 3.05) is 40.0 Å². The van der Waals surface area contributed by atoms with Crippen molar-refractivity contribution in [3.63, 3.8) is 0 Å².